The SMILES string of the molecule is C=CC(=CC(=C)C1=CC(C2=CC(C=C)C(C(CC=N)CNc3ccc(C)cc3)C=C2)=CCC1)C(N=Cc1ccccc1)=NC(N)C(C)=CC=CC. The van der Waals surface area contributed by atoms with Gasteiger partial charge in [-0.1, -0.05) is 122 Å². The molecular weight excluding hydrogens is 623 g/mol. The third kappa shape index (κ3) is 11.3. The van der Waals surface area contributed by atoms with Crippen LogP contribution in [0.1, 0.15) is 44.2 Å². The van der Waals surface area contributed by atoms with Gasteiger partial charge in [-0.2, -0.15) is 0 Å². The average Bonchev–Trinajstić information content (AvgIpc) is 3.16. The van der Waals surface area contributed by atoms with Crippen LogP contribution in [0.4, 0.5) is 5.69 Å². The highest BCUT2D eigenvalue weighted by Gasteiger charge is 2.27. The molecule has 2 aliphatic carbocycles. The summed E-state index contributed by atoms with van der Waals surface area (Å²) in [6, 6.07) is 18.4. The van der Waals surface area contributed by atoms with Gasteiger partial charge in [-0.3, -0.25) is 0 Å². The standard InChI is InChI=1S/C46H53N5/c1-7-10-15-34(5)45(48)51-46(50-31-36-16-12-11-13-17-36)38(9-3)28-35(6)39-18-14-19-40(30-39)41-22-25-44(37(8-2)29-41)42(26-27-47)32-49-43-23-20-33(4)21-24-43/h7-13,15-17,19-25,27-31,37,42,44-45,47,49H,2-3,6,14,18,26,32,48H2,1,4-5H3. The van der Waals surface area contributed by atoms with Crippen LogP contribution in [0.2, 0.25) is 0 Å². The molecule has 4 atom stereocenters. The summed E-state index contributed by atoms with van der Waals surface area (Å²) in [4.78, 5) is 9.61. The number of anilines is 1. The van der Waals surface area contributed by atoms with Crippen LogP contribution in [-0.2, 0) is 0 Å². The maximum atomic E-state index is 7.90. The Hall–Kier alpha value is -5.39. The second kappa shape index (κ2) is 19.7. The number of nitrogens with zero attached hydrogens (tertiary/aromatic N) is 2. The Balaban J connectivity index is 1.56. The molecule has 0 saturated carbocycles. The Morgan fingerprint density at radius 1 is 1.10 bits per heavy atom. The van der Waals surface area contributed by atoms with Crippen molar-refractivity contribution in [3.05, 3.63) is 186 Å². The van der Waals surface area contributed by atoms with Crippen LogP contribution in [0.3, 0.4) is 0 Å². The number of aryl methyl sites for hydroxylation is 1. The Morgan fingerprint density at radius 3 is 2.55 bits per heavy atom. The fourth-order valence-electron chi connectivity index (χ4n) is 6.14. The lowest BCUT2D eigenvalue weighted by Gasteiger charge is -2.32. The number of nitrogens with one attached hydrogen (secondary N) is 2. The number of rotatable bonds is 16. The molecule has 4 N–H and O–H groups in total. The molecule has 0 spiro atoms. The molecule has 0 radical (unpaired) electrons. The summed E-state index contributed by atoms with van der Waals surface area (Å²) in [7, 11) is 0. The van der Waals surface area contributed by atoms with E-state index in [4.69, 9.17) is 21.1 Å². The minimum absolute atomic E-state index is 0.153. The van der Waals surface area contributed by atoms with Crippen molar-refractivity contribution in [2.45, 2.75) is 46.2 Å². The van der Waals surface area contributed by atoms with Gasteiger partial charge < -0.3 is 16.5 Å². The Labute approximate surface area is 305 Å². The van der Waals surface area contributed by atoms with Gasteiger partial charge in [-0.15, -0.1) is 6.58 Å². The maximum Gasteiger partial charge on any atom is 0.156 e. The lowest BCUT2D eigenvalue weighted by Crippen LogP contribution is -2.28. The van der Waals surface area contributed by atoms with Gasteiger partial charge in [-0.05, 0) is 110 Å². The van der Waals surface area contributed by atoms with Crippen LogP contribution in [0.25, 0.3) is 0 Å². The van der Waals surface area contributed by atoms with Crippen molar-refractivity contribution in [2.75, 3.05) is 11.9 Å². The van der Waals surface area contributed by atoms with Gasteiger partial charge >= 0.3 is 0 Å². The van der Waals surface area contributed by atoms with Crippen molar-refractivity contribution in [2.24, 2.45) is 33.5 Å². The fraction of sp³-hybridized carbons (Fsp3) is 0.239. The summed E-state index contributed by atoms with van der Waals surface area (Å²) < 4.78 is 0. The zero-order valence-electron chi connectivity index (χ0n) is 30.4. The highest BCUT2D eigenvalue weighted by molar-refractivity contribution is 6.07. The van der Waals surface area contributed by atoms with E-state index in [1.165, 1.54) is 22.9 Å². The van der Waals surface area contributed by atoms with Crippen LogP contribution in [-0.4, -0.2) is 31.0 Å². The molecule has 51 heavy (non-hydrogen) atoms. The third-order valence-electron chi connectivity index (χ3n) is 9.25. The molecule has 0 bridgehead atoms. The molecule has 5 nitrogen and oxygen atoms in total. The van der Waals surface area contributed by atoms with Crippen molar-refractivity contribution in [1.29, 1.82) is 5.41 Å². The minimum atomic E-state index is -0.562. The van der Waals surface area contributed by atoms with Gasteiger partial charge in [0.1, 0.15) is 6.17 Å². The first-order valence-corrected chi connectivity index (χ1v) is 17.7. The summed E-state index contributed by atoms with van der Waals surface area (Å²) in [6.45, 7) is 19.6. The third-order valence-corrected chi connectivity index (χ3v) is 9.25. The number of benzene rings is 2. The second-order valence-corrected chi connectivity index (χ2v) is 13.0. The van der Waals surface area contributed by atoms with E-state index in [9.17, 15) is 0 Å². The zero-order chi connectivity index (χ0) is 36.6. The van der Waals surface area contributed by atoms with Crippen LogP contribution in [0.5, 0.6) is 0 Å². The van der Waals surface area contributed by atoms with E-state index in [1.807, 2.05) is 74.6 Å². The molecule has 4 unspecified atom stereocenters. The molecule has 5 heteroatoms. The molecular formula is C46H53N5. The van der Waals surface area contributed by atoms with E-state index in [-0.39, 0.29) is 17.8 Å². The number of nitrogens with two attached hydrogens (primary N) is 1. The van der Waals surface area contributed by atoms with E-state index in [0.717, 1.165) is 52.9 Å². The minimum Gasteiger partial charge on any atom is -0.385 e. The summed E-state index contributed by atoms with van der Waals surface area (Å²) in [5.41, 5.74) is 15.9. The second-order valence-electron chi connectivity index (χ2n) is 13.0. The van der Waals surface area contributed by atoms with Gasteiger partial charge in [0.05, 0.1) is 0 Å². The van der Waals surface area contributed by atoms with Crippen molar-refractivity contribution in [3.8, 4) is 0 Å². The lowest BCUT2D eigenvalue weighted by atomic mass is 9.75. The summed E-state index contributed by atoms with van der Waals surface area (Å²) in [5, 5.41) is 11.5. The molecule has 0 saturated heterocycles. The number of hydrogen-bond donors (Lipinski definition) is 3. The van der Waals surface area contributed by atoms with Crippen LogP contribution in [0, 0.1) is 30.1 Å². The van der Waals surface area contributed by atoms with Crippen molar-refractivity contribution in [1.82, 2.24) is 0 Å². The van der Waals surface area contributed by atoms with Gasteiger partial charge in [0.2, 0.25) is 0 Å². The molecule has 262 valence electrons. The number of amidine groups is 1. The van der Waals surface area contributed by atoms with E-state index < -0.39 is 6.17 Å². The van der Waals surface area contributed by atoms with E-state index >= 15 is 0 Å². The monoisotopic (exact) mass is 675 g/mol. The fourth-order valence-corrected chi connectivity index (χ4v) is 6.14. The Kier molecular flexibility index (Phi) is 14.8. The lowest BCUT2D eigenvalue weighted by molar-refractivity contribution is 0.376. The normalized spacial score (nSPS) is 19.6. The highest BCUT2D eigenvalue weighted by atomic mass is 15.0. The van der Waals surface area contributed by atoms with Crippen LogP contribution in [0.15, 0.2) is 185 Å². The van der Waals surface area contributed by atoms with Crippen LogP contribution < -0.4 is 11.1 Å². The van der Waals surface area contributed by atoms with Crippen molar-refractivity contribution >= 4 is 24.0 Å². The zero-order valence-corrected chi connectivity index (χ0v) is 30.4. The molecule has 4 rings (SSSR count). The molecule has 2 aromatic carbocycles. The van der Waals surface area contributed by atoms with E-state index in [0.29, 0.717) is 12.3 Å². The summed E-state index contributed by atoms with van der Waals surface area (Å²) in [6.07, 6.45) is 28.4. The van der Waals surface area contributed by atoms with Gasteiger partial charge in [-0.25, -0.2) is 9.98 Å². The molecule has 0 aliphatic heterocycles. The maximum absolute atomic E-state index is 7.90. The van der Waals surface area contributed by atoms with Gasteiger partial charge in [0.25, 0.3) is 0 Å². The van der Waals surface area contributed by atoms with Gasteiger partial charge in [0.15, 0.2) is 5.84 Å². The molecule has 0 heterocycles. The quantitative estimate of drug-likeness (QED) is 0.0716. The first-order valence-electron chi connectivity index (χ1n) is 17.7. The number of allylic oxidation sites excluding steroid dienone is 14. The molecule has 0 amide bonds. The average molecular weight is 676 g/mol. The molecule has 0 aromatic heterocycles. The predicted octanol–water partition coefficient (Wildman–Crippen LogP) is 10.6. The van der Waals surface area contributed by atoms with E-state index in [1.54, 1.807) is 12.3 Å². The summed E-state index contributed by atoms with van der Waals surface area (Å²) >= 11 is 0. The first kappa shape index (κ1) is 38.4. The highest BCUT2D eigenvalue weighted by Crippen LogP contribution is 2.36. The number of hydrogen-bond acceptors (Lipinski definition) is 4. The Morgan fingerprint density at radius 2 is 1.86 bits per heavy atom. The predicted molar refractivity (Wildman–Crippen MR) is 222 cm³/mol. The molecule has 2 aliphatic rings. The van der Waals surface area contributed by atoms with E-state index in [2.05, 4.69) is 86.6 Å². The molecule has 2 aromatic rings. The summed E-state index contributed by atoms with van der Waals surface area (Å²) in [5.74, 6) is 1.15. The van der Waals surface area contributed by atoms with Crippen molar-refractivity contribution in [3.63, 3.8) is 0 Å². The van der Waals surface area contributed by atoms with Gasteiger partial charge in [0, 0.05) is 29.9 Å². The largest absolute Gasteiger partial charge is 0.385 e. The first-order chi connectivity index (χ1) is 24.8. The molecule has 0 fully saturated rings. The topological polar surface area (TPSA) is 86.6 Å². The Bertz CT molecular complexity index is 1820. The van der Waals surface area contributed by atoms with Crippen LogP contribution >= 0.6 is 0 Å². The van der Waals surface area contributed by atoms with Crippen molar-refractivity contribution < 1.29 is 0 Å². The number of aliphatic imine (C=N–C) groups is 2. The smallest absolute Gasteiger partial charge is 0.156 e.